The highest BCUT2D eigenvalue weighted by Gasteiger charge is 2.28. The monoisotopic (exact) mass is 443 g/mol. The van der Waals surface area contributed by atoms with Crippen molar-refractivity contribution in [3.05, 3.63) is 54.2 Å². The Labute approximate surface area is 183 Å². The Morgan fingerprint density at radius 2 is 1.84 bits per heavy atom. The van der Waals surface area contributed by atoms with Crippen LogP contribution in [0.2, 0.25) is 0 Å². The molecule has 2 aromatic carbocycles. The quantitative estimate of drug-likeness (QED) is 0.564. The maximum absolute atomic E-state index is 13.2. The van der Waals surface area contributed by atoms with Crippen LogP contribution in [0, 0.1) is 6.92 Å². The molecule has 0 fully saturated rings. The number of ether oxygens (including phenoxy) is 1. The predicted molar refractivity (Wildman–Crippen MR) is 123 cm³/mol. The highest BCUT2D eigenvalue weighted by molar-refractivity contribution is 7.90. The second kappa shape index (κ2) is 9.98. The largest absolute Gasteiger partial charge is 0.482 e. The van der Waals surface area contributed by atoms with Crippen molar-refractivity contribution in [2.45, 2.75) is 38.5 Å². The third kappa shape index (κ3) is 5.08. The van der Waals surface area contributed by atoms with E-state index in [9.17, 15) is 13.2 Å². The van der Waals surface area contributed by atoms with E-state index in [0.29, 0.717) is 11.3 Å². The van der Waals surface area contributed by atoms with E-state index in [2.05, 4.69) is 24.5 Å². The number of fused-ring (bicyclic) bond motifs is 2. The fourth-order valence-electron chi connectivity index (χ4n) is 3.30. The molecule has 1 amide bonds. The molecular formula is C23H29N3O4S. The average Bonchev–Trinajstić information content (AvgIpc) is 3.18. The van der Waals surface area contributed by atoms with Crippen molar-refractivity contribution in [3.8, 4) is 5.75 Å². The number of aromatic nitrogens is 1. The number of benzene rings is 2. The summed E-state index contributed by atoms with van der Waals surface area (Å²) in [5.41, 5.74) is 1.74. The maximum atomic E-state index is 13.2. The number of rotatable bonds is 6. The first kappa shape index (κ1) is 22.8. The number of amides is 1. The van der Waals surface area contributed by atoms with Crippen molar-refractivity contribution < 1.29 is 17.9 Å². The zero-order valence-electron chi connectivity index (χ0n) is 18.1. The lowest BCUT2D eigenvalue weighted by Gasteiger charge is -2.21. The van der Waals surface area contributed by atoms with Crippen molar-refractivity contribution in [1.29, 1.82) is 0 Å². The van der Waals surface area contributed by atoms with Gasteiger partial charge in [-0.3, -0.25) is 4.79 Å². The zero-order chi connectivity index (χ0) is 22.4. The highest BCUT2D eigenvalue weighted by atomic mass is 32.2. The van der Waals surface area contributed by atoms with Crippen LogP contribution in [-0.4, -0.2) is 38.0 Å². The fraction of sp³-hybridized carbons (Fsp3) is 0.348. The molecule has 8 heteroatoms. The van der Waals surface area contributed by atoms with Gasteiger partial charge in [0, 0.05) is 11.6 Å². The van der Waals surface area contributed by atoms with Crippen LogP contribution < -0.4 is 15.4 Å². The van der Waals surface area contributed by atoms with Gasteiger partial charge < -0.3 is 15.4 Å². The van der Waals surface area contributed by atoms with Crippen molar-refractivity contribution in [2.75, 3.05) is 25.0 Å². The van der Waals surface area contributed by atoms with E-state index in [-0.39, 0.29) is 23.1 Å². The minimum atomic E-state index is -3.88. The van der Waals surface area contributed by atoms with E-state index < -0.39 is 10.0 Å². The Hall–Kier alpha value is -2.84. The molecule has 3 aromatic rings. The average molecular weight is 444 g/mol. The molecule has 0 saturated carbocycles. The second-order valence-corrected chi connectivity index (χ2v) is 9.18. The van der Waals surface area contributed by atoms with Crippen LogP contribution >= 0.6 is 0 Å². The number of hydrogen-bond donors (Lipinski definition) is 2. The summed E-state index contributed by atoms with van der Waals surface area (Å²) in [7, 11) is -3.88. The number of carbonyl (C=O) groups excluding carboxylic acids is 1. The maximum Gasteiger partial charge on any atom is 0.270 e. The Balaban J connectivity index is 0.000000339. The Bertz CT molecular complexity index is 1160. The molecule has 0 unspecified atom stereocenters. The molecule has 1 aliphatic rings. The van der Waals surface area contributed by atoms with E-state index in [1.165, 1.54) is 42.2 Å². The number of para-hydroxylation sites is 1. The van der Waals surface area contributed by atoms with Gasteiger partial charge >= 0.3 is 0 Å². The second-order valence-electron chi connectivity index (χ2n) is 7.40. The van der Waals surface area contributed by atoms with Gasteiger partial charge in [0.1, 0.15) is 16.3 Å². The molecule has 7 nitrogen and oxygen atoms in total. The van der Waals surface area contributed by atoms with Gasteiger partial charge in [0.05, 0.1) is 5.52 Å². The van der Waals surface area contributed by atoms with Crippen LogP contribution in [0.3, 0.4) is 0 Å². The van der Waals surface area contributed by atoms with Gasteiger partial charge in [0.25, 0.3) is 15.9 Å². The highest BCUT2D eigenvalue weighted by Crippen LogP contribution is 2.36. The van der Waals surface area contributed by atoms with E-state index in [1.54, 1.807) is 18.2 Å². The van der Waals surface area contributed by atoms with Crippen LogP contribution in [0.5, 0.6) is 5.75 Å². The smallest absolute Gasteiger partial charge is 0.270 e. The number of carbonyl (C=O) groups is 1. The molecule has 0 atom stereocenters. The van der Waals surface area contributed by atoms with Crippen molar-refractivity contribution in [1.82, 2.24) is 9.29 Å². The van der Waals surface area contributed by atoms with Crippen LogP contribution in [0.25, 0.3) is 10.9 Å². The SMILES string of the molecule is CCCNCCC.Cc1ccc2ccn(S(=O)(=O)c3cccc4c3NC(=O)CO4)c2c1. The zero-order valence-corrected chi connectivity index (χ0v) is 19.0. The summed E-state index contributed by atoms with van der Waals surface area (Å²) in [5.74, 6) is -0.0262. The van der Waals surface area contributed by atoms with Crippen molar-refractivity contribution in [2.24, 2.45) is 0 Å². The van der Waals surface area contributed by atoms with Gasteiger partial charge in [-0.25, -0.2) is 12.4 Å². The summed E-state index contributed by atoms with van der Waals surface area (Å²) in [6, 6.07) is 12.1. The summed E-state index contributed by atoms with van der Waals surface area (Å²) in [6.07, 6.45) is 4.02. The number of aryl methyl sites for hydroxylation is 1. The van der Waals surface area contributed by atoms with E-state index >= 15 is 0 Å². The molecule has 0 radical (unpaired) electrons. The van der Waals surface area contributed by atoms with E-state index in [4.69, 9.17) is 4.74 Å². The third-order valence-corrected chi connectivity index (χ3v) is 6.55. The Kier molecular flexibility index (Phi) is 7.35. The first-order valence-corrected chi connectivity index (χ1v) is 11.9. The molecule has 0 bridgehead atoms. The van der Waals surface area contributed by atoms with E-state index in [0.717, 1.165) is 10.9 Å². The fourth-order valence-corrected chi connectivity index (χ4v) is 4.81. The molecular weight excluding hydrogens is 414 g/mol. The number of hydrogen-bond acceptors (Lipinski definition) is 5. The number of anilines is 1. The van der Waals surface area contributed by atoms with Crippen molar-refractivity contribution in [3.63, 3.8) is 0 Å². The summed E-state index contributed by atoms with van der Waals surface area (Å²) in [5, 5.41) is 6.71. The molecule has 0 aliphatic carbocycles. The molecule has 1 aromatic heterocycles. The lowest BCUT2D eigenvalue weighted by Crippen LogP contribution is -2.27. The topological polar surface area (TPSA) is 89.4 Å². The van der Waals surface area contributed by atoms with Gasteiger partial charge in [-0.1, -0.05) is 32.0 Å². The first-order valence-electron chi connectivity index (χ1n) is 10.5. The normalized spacial score (nSPS) is 13.1. The number of nitrogens with one attached hydrogen (secondary N) is 2. The molecule has 166 valence electrons. The molecule has 2 N–H and O–H groups in total. The summed E-state index contributed by atoms with van der Waals surface area (Å²) < 4.78 is 32.8. The standard InChI is InChI=1S/C17H14N2O4S.C6H15N/c1-11-5-6-12-7-8-19(13(12)9-11)24(21,22)15-4-2-3-14-17(15)18-16(20)10-23-14;1-3-5-7-6-4-2/h2-9H,10H2,1H3,(H,18,20);7H,3-6H2,1-2H3. The first-order chi connectivity index (χ1) is 14.9. The lowest BCUT2D eigenvalue weighted by molar-refractivity contribution is -0.118. The van der Waals surface area contributed by atoms with Crippen LogP contribution in [0.4, 0.5) is 5.69 Å². The third-order valence-electron chi connectivity index (χ3n) is 4.81. The molecule has 31 heavy (non-hydrogen) atoms. The summed E-state index contributed by atoms with van der Waals surface area (Å²) >= 11 is 0. The minimum absolute atomic E-state index is 0.00653. The predicted octanol–water partition coefficient (Wildman–Crippen LogP) is 3.91. The Morgan fingerprint density at radius 1 is 1.10 bits per heavy atom. The summed E-state index contributed by atoms with van der Waals surface area (Å²) in [4.78, 5) is 11.6. The van der Waals surface area contributed by atoms with Crippen molar-refractivity contribution >= 4 is 32.5 Å². The lowest BCUT2D eigenvalue weighted by atomic mass is 10.2. The number of nitrogens with zero attached hydrogens (tertiary/aromatic N) is 1. The van der Waals surface area contributed by atoms with Crippen LogP contribution in [-0.2, 0) is 14.8 Å². The van der Waals surface area contributed by atoms with Gasteiger partial charge in [-0.2, -0.15) is 0 Å². The molecule has 1 aliphatic heterocycles. The summed E-state index contributed by atoms with van der Waals surface area (Å²) in [6.45, 7) is 8.50. The van der Waals surface area contributed by atoms with E-state index in [1.807, 2.05) is 25.1 Å². The molecule has 2 heterocycles. The molecule has 0 spiro atoms. The van der Waals surface area contributed by atoms with Crippen LogP contribution in [0.15, 0.2) is 53.6 Å². The molecule has 0 saturated heterocycles. The molecule has 4 rings (SSSR count). The van der Waals surface area contributed by atoms with Crippen LogP contribution in [0.1, 0.15) is 32.3 Å². The minimum Gasteiger partial charge on any atom is -0.482 e. The van der Waals surface area contributed by atoms with Gasteiger partial charge in [0.2, 0.25) is 0 Å². The Morgan fingerprint density at radius 3 is 2.55 bits per heavy atom. The van der Waals surface area contributed by atoms with Gasteiger partial charge in [0.15, 0.2) is 6.61 Å². The van der Waals surface area contributed by atoms with Gasteiger partial charge in [-0.05, 0) is 62.7 Å². The van der Waals surface area contributed by atoms with Gasteiger partial charge in [-0.15, -0.1) is 0 Å².